The Morgan fingerprint density at radius 3 is 2.09 bits per heavy atom. The predicted octanol–water partition coefficient (Wildman–Crippen LogP) is 5.10. The Bertz CT molecular complexity index is 1170. The Hall–Kier alpha value is -2.22. The maximum Gasteiger partial charge on any atom is 0.243 e. The third-order valence-electron chi connectivity index (χ3n) is 6.22. The molecule has 33 heavy (non-hydrogen) atoms. The normalized spacial score (nSPS) is 15.7. The number of aromatic nitrogens is 1. The van der Waals surface area contributed by atoms with E-state index in [4.69, 9.17) is 4.98 Å². The molecule has 0 radical (unpaired) electrons. The number of hydrogen-bond donors (Lipinski definition) is 0. The second-order valence-corrected chi connectivity index (χ2v) is 12.4. The molecule has 0 bridgehead atoms. The number of hydrogen-bond acceptors (Lipinski definition) is 5. The van der Waals surface area contributed by atoms with Crippen LogP contribution in [0.4, 0.5) is 5.13 Å². The van der Waals surface area contributed by atoms with Crippen LogP contribution in [0.3, 0.4) is 0 Å². The topological polar surface area (TPSA) is 53.5 Å². The number of piperazine rings is 1. The summed E-state index contributed by atoms with van der Waals surface area (Å²) in [6, 6.07) is 16.0. The van der Waals surface area contributed by atoms with Crippen LogP contribution in [0.2, 0.25) is 0 Å². The molecule has 7 heteroatoms. The number of benzene rings is 2. The molecule has 0 unspecified atom stereocenters. The molecular formula is C26H33N3O2S2. The molecule has 2 aromatic carbocycles. The summed E-state index contributed by atoms with van der Waals surface area (Å²) < 4.78 is 27.9. The first-order valence-corrected chi connectivity index (χ1v) is 13.9. The smallest absolute Gasteiger partial charge is 0.243 e. The van der Waals surface area contributed by atoms with Crippen LogP contribution in [0, 0.1) is 0 Å². The highest BCUT2D eigenvalue weighted by atomic mass is 32.2. The van der Waals surface area contributed by atoms with E-state index in [1.54, 1.807) is 27.8 Å². The van der Waals surface area contributed by atoms with E-state index in [9.17, 15) is 8.42 Å². The van der Waals surface area contributed by atoms with Crippen LogP contribution >= 0.6 is 11.3 Å². The molecule has 176 valence electrons. The van der Waals surface area contributed by atoms with Crippen molar-refractivity contribution in [3.8, 4) is 0 Å². The Labute approximate surface area is 202 Å². The van der Waals surface area contributed by atoms with Gasteiger partial charge in [0.15, 0.2) is 5.13 Å². The molecule has 0 N–H and O–H groups in total. The second-order valence-electron chi connectivity index (χ2n) is 9.63. The van der Waals surface area contributed by atoms with Crippen molar-refractivity contribution in [2.45, 2.75) is 50.8 Å². The minimum absolute atomic E-state index is 0.000557. The molecular weight excluding hydrogens is 450 g/mol. The number of thiazole rings is 1. The summed E-state index contributed by atoms with van der Waals surface area (Å²) in [5.74, 6) is 0. The van der Waals surface area contributed by atoms with Crippen molar-refractivity contribution >= 4 is 26.5 Å². The molecule has 0 aliphatic carbocycles. The summed E-state index contributed by atoms with van der Waals surface area (Å²) in [7, 11) is -3.48. The summed E-state index contributed by atoms with van der Waals surface area (Å²) in [4.78, 5) is 7.39. The quantitative estimate of drug-likeness (QED) is 0.489. The van der Waals surface area contributed by atoms with E-state index in [1.807, 2.05) is 12.1 Å². The molecule has 1 aromatic heterocycles. The fraction of sp³-hybridized carbons (Fsp3) is 0.423. The lowest BCUT2D eigenvalue weighted by Gasteiger charge is -2.33. The molecule has 1 saturated heterocycles. The van der Waals surface area contributed by atoms with E-state index in [-0.39, 0.29) is 5.41 Å². The third kappa shape index (κ3) is 5.48. The van der Waals surface area contributed by atoms with Gasteiger partial charge in [0, 0.05) is 38.0 Å². The zero-order valence-corrected chi connectivity index (χ0v) is 21.5. The van der Waals surface area contributed by atoms with Crippen molar-refractivity contribution in [3.05, 3.63) is 76.3 Å². The van der Waals surface area contributed by atoms with Crippen LogP contribution < -0.4 is 4.90 Å². The highest BCUT2D eigenvalue weighted by molar-refractivity contribution is 7.89. The lowest BCUT2D eigenvalue weighted by molar-refractivity contribution is 0.384. The lowest BCUT2D eigenvalue weighted by Crippen LogP contribution is -2.48. The average molecular weight is 484 g/mol. The summed E-state index contributed by atoms with van der Waals surface area (Å²) in [6.07, 6.45) is 1.87. The van der Waals surface area contributed by atoms with Gasteiger partial charge >= 0.3 is 0 Å². The highest BCUT2D eigenvalue weighted by Crippen LogP contribution is 2.27. The van der Waals surface area contributed by atoms with Gasteiger partial charge in [-0.05, 0) is 40.7 Å². The fourth-order valence-electron chi connectivity index (χ4n) is 4.02. The van der Waals surface area contributed by atoms with Gasteiger partial charge in [0.25, 0.3) is 0 Å². The van der Waals surface area contributed by atoms with Gasteiger partial charge < -0.3 is 4.90 Å². The van der Waals surface area contributed by atoms with Gasteiger partial charge in [-0.15, -0.1) is 11.3 Å². The molecule has 5 nitrogen and oxygen atoms in total. The van der Waals surface area contributed by atoms with Crippen LogP contribution in [0.25, 0.3) is 0 Å². The predicted molar refractivity (Wildman–Crippen MR) is 137 cm³/mol. The van der Waals surface area contributed by atoms with Crippen molar-refractivity contribution in [2.75, 3.05) is 31.1 Å². The van der Waals surface area contributed by atoms with Gasteiger partial charge in [0.1, 0.15) is 0 Å². The van der Waals surface area contributed by atoms with E-state index < -0.39 is 10.0 Å². The van der Waals surface area contributed by atoms with Crippen LogP contribution in [0.5, 0.6) is 0 Å². The molecule has 4 rings (SSSR count). The van der Waals surface area contributed by atoms with Crippen LogP contribution in [0.1, 0.15) is 50.1 Å². The molecule has 0 spiro atoms. The molecule has 0 saturated carbocycles. The monoisotopic (exact) mass is 483 g/mol. The number of anilines is 1. The maximum atomic E-state index is 13.1. The van der Waals surface area contributed by atoms with E-state index in [2.05, 4.69) is 62.2 Å². The Kier molecular flexibility index (Phi) is 6.93. The zero-order valence-electron chi connectivity index (χ0n) is 19.9. The van der Waals surface area contributed by atoms with Crippen molar-refractivity contribution in [1.29, 1.82) is 0 Å². The number of aryl methyl sites for hydroxylation is 1. The van der Waals surface area contributed by atoms with Crippen molar-refractivity contribution < 1.29 is 8.42 Å². The lowest BCUT2D eigenvalue weighted by atomic mass is 9.87. The number of rotatable bonds is 6. The molecule has 3 aromatic rings. The molecule has 0 amide bonds. The highest BCUT2D eigenvalue weighted by Gasteiger charge is 2.29. The second kappa shape index (κ2) is 9.57. The average Bonchev–Trinajstić information content (AvgIpc) is 3.27. The maximum absolute atomic E-state index is 13.1. The summed E-state index contributed by atoms with van der Waals surface area (Å²) >= 11 is 1.64. The first-order valence-electron chi connectivity index (χ1n) is 11.5. The standard InChI is InChI=1S/C26H33N3O2S2/c1-5-20-6-8-21(9-7-20)18-23-19-32-25(27-23)28-14-16-29(17-15-28)33(30,31)24-12-10-22(11-13-24)26(2,3)4/h6-13,19H,5,14-18H2,1-4H3. The minimum Gasteiger partial charge on any atom is -0.345 e. The molecule has 1 aliphatic rings. The van der Waals surface area contributed by atoms with Crippen molar-refractivity contribution in [1.82, 2.24) is 9.29 Å². The largest absolute Gasteiger partial charge is 0.345 e. The summed E-state index contributed by atoms with van der Waals surface area (Å²) in [5, 5.41) is 3.09. The van der Waals surface area contributed by atoms with E-state index in [1.165, 1.54) is 11.1 Å². The zero-order chi connectivity index (χ0) is 23.6. The Morgan fingerprint density at radius 1 is 0.909 bits per heavy atom. The van der Waals surface area contributed by atoms with Gasteiger partial charge in [-0.2, -0.15) is 4.31 Å². The molecule has 1 aliphatic heterocycles. The van der Waals surface area contributed by atoms with Crippen molar-refractivity contribution in [3.63, 3.8) is 0 Å². The fourth-order valence-corrected chi connectivity index (χ4v) is 6.32. The van der Waals surface area contributed by atoms with Gasteiger partial charge in [-0.3, -0.25) is 0 Å². The third-order valence-corrected chi connectivity index (χ3v) is 9.09. The molecule has 1 fully saturated rings. The van der Waals surface area contributed by atoms with E-state index in [0.29, 0.717) is 31.1 Å². The SMILES string of the molecule is CCc1ccc(Cc2csc(N3CCN(S(=O)(=O)c4ccc(C(C)(C)C)cc4)CC3)n2)cc1. The first kappa shape index (κ1) is 23.9. The van der Waals surface area contributed by atoms with Gasteiger partial charge in [-0.25, -0.2) is 13.4 Å². The van der Waals surface area contributed by atoms with E-state index in [0.717, 1.165) is 29.2 Å². The number of nitrogens with zero attached hydrogens (tertiary/aromatic N) is 3. The molecule has 2 heterocycles. The van der Waals surface area contributed by atoms with Crippen LogP contribution in [-0.2, 0) is 28.3 Å². The van der Waals surface area contributed by atoms with Crippen molar-refractivity contribution in [2.24, 2.45) is 0 Å². The first-order chi connectivity index (χ1) is 15.7. The Balaban J connectivity index is 1.37. The van der Waals surface area contributed by atoms with Gasteiger partial charge in [0.2, 0.25) is 10.0 Å². The van der Waals surface area contributed by atoms with Crippen LogP contribution in [-0.4, -0.2) is 43.9 Å². The molecule has 0 atom stereocenters. The van der Waals surface area contributed by atoms with E-state index >= 15 is 0 Å². The Morgan fingerprint density at radius 2 is 1.52 bits per heavy atom. The van der Waals surface area contributed by atoms with Crippen LogP contribution in [0.15, 0.2) is 58.8 Å². The summed E-state index contributed by atoms with van der Waals surface area (Å²) in [6.45, 7) is 10.8. The van der Waals surface area contributed by atoms with Gasteiger partial charge in [0.05, 0.1) is 10.6 Å². The van der Waals surface area contributed by atoms with Gasteiger partial charge in [-0.1, -0.05) is 64.1 Å². The number of sulfonamides is 1. The minimum atomic E-state index is -3.48. The summed E-state index contributed by atoms with van der Waals surface area (Å²) in [5.41, 5.74) is 4.80.